The first-order valence-corrected chi connectivity index (χ1v) is 47.7. The second kappa shape index (κ2) is 50.1. The van der Waals surface area contributed by atoms with E-state index in [-0.39, 0.29) is 95.9 Å². The number of amides is 12. The summed E-state index contributed by atoms with van der Waals surface area (Å²) in [6.45, 7) is 28.4. The van der Waals surface area contributed by atoms with Crippen LogP contribution in [0.2, 0.25) is 0 Å². The van der Waals surface area contributed by atoms with Gasteiger partial charge in [0, 0.05) is 64.6 Å². The molecule has 5 aromatic carbocycles. The number of sulfone groups is 2. The van der Waals surface area contributed by atoms with Crippen LogP contribution in [0, 0.1) is 49.4 Å². The minimum Gasteiger partial charge on any atom is -0.445 e. The highest BCUT2D eigenvalue weighted by Crippen LogP contribution is 2.32. The first-order chi connectivity index (χ1) is 61.0. The highest BCUT2D eigenvalue weighted by molar-refractivity contribution is 7.92. The van der Waals surface area contributed by atoms with Crippen LogP contribution in [0.15, 0.2) is 137 Å². The van der Waals surface area contributed by atoms with Crippen LogP contribution >= 0.6 is 0 Å². The number of aryl methyl sites for hydroxylation is 2. The summed E-state index contributed by atoms with van der Waals surface area (Å²) in [7, 11) is -2.47. The van der Waals surface area contributed by atoms with Gasteiger partial charge >= 0.3 is 12.1 Å². The number of rotatable bonds is 50. The van der Waals surface area contributed by atoms with Crippen molar-refractivity contribution < 1.29 is 98.4 Å². The Kier molecular flexibility index (Phi) is 41.6. The standard InChI is InChI=1S/C95H138N12O21S2/c1-21-62(12)82(76(125-19)51-78(109)107-50-26-30-75(107)85(126-20)63(13)86(112)98-64(14)83(110)66-27-23-22-24-28-66)105(17)92(118)80(57(4)5)103-91(117)81(58(6)7)106(18)94(120)127-52-65-35-41-70(42-36-65)99-88(114)73(29-25-49-97-93(96)119)101-90(116)79(56(2)3)102-77(108)48-47-74(89(115)104-95(15,16)55-128-59(8)9)100-87(113)68-39-37-67(38-40-68)84(111)69(53-129(121,122)71-43-31-60(10)32-44-71)54-130(123,124)72-45-33-61(11)34-46-72/h22-24,27-28,31-46,56-59,62-64,69,73-76,79-83,85,110H,21,25-26,29-30,47-55H2,1-20H3,(H,98,112)(H,99,114)(H,100,113)(H,101,116)(H,102,108)(H,103,117)(H,104,115)(H3,96,97,119)/t62-,63+,64+,73-,74-,75-,76+,79?,80-,81?,82-,83+,85+/m0/s1. The second-order valence-corrected chi connectivity index (χ2v) is 40.0. The molecule has 2 unspecified atom stereocenters. The zero-order valence-corrected chi connectivity index (χ0v) is 80.4. The van der Waals surface area contributed by atoms with Gasteiger partial charge in [0.05, 0.1) is 94.2 Å². The van der Waals surface area contributed by atoms with E-state index in [1.165, 1.54) is 86.8 Å². The number of ketones is 1. The minimum atomic E-state index is -4.24. The molecule has 0 bridgehead atoms. The van der Waals surface area contributed by atoms with Crippen molar-refractivity contribution >= 4 is 96.4 Å². The van der Waals surface area contributed by atoms with E-state index in [2.05, 4.69) is 42.5 Å². The number of primary amides is 1. The average Bonchev–Trinajstić information content (AvgIpc) is 1.00. The Morgan fingerprint density at radius 3 is 1.70 bits per heavy atom. The van der Waals surface area contributed by atoms with Gasteiger partial charge < -0.3 is 82.1 Å². The normalized spacial score (nSPS) is 15.9. The largest absolute Gasteiger partial charge is 0.445 e. The molecule has 1 fully saturated rings. The number of Topliss-reactive ketones (excluding diaryl/α,β-unsaturated/α-hetero) is 1. The molecule has 0 saturated carbocycles. The predicted octanol–water partition coefficient (Wildman–Crippen LogP) is 8.85. The van der Waals surface area contributed by atoms with Crippen LogP contribution in [-0.4, -0.2) is 239 Å². The number of likely N-dealkylation sites (tertiary alicyclic amines) is 1. The zero-order valence-electron chi connectivity index (χ0n) is 78.8. The molecule has 1 heterocycles. The van der Waals surface area contributed by atoms with Gasteiger partial charge in [0.1, 0.15) is 36.8 Å². The lowest BCUT2D eigenvalue weighted by atomic mass is 9.89. The number of nitrogens with zero attached hydrogens (tertiary/aromatic N) is 3. The second-order valence-electron chi connectivity index (χ2n) is 35.9. The number of aliphatic hydroxyl groups excluding tert-OH is 1. The molecule has 130 heavy (non-hydrogen) atoms. The van der Waals surface area contributed by atoms with E-state index in [4.69, 9.17) is 24.7 Å². The van der Waals surface area contributed by atoms with Crippen molar-refractivity contribution in [3.63, 3.8) is 0 Å². The van der Waals surface area contributed by atoms with E-state index in [0.29, 0.717) is 36.9 Å². The van der Waals surface area contributed by atoms with E-state index < -0.39 is 199 Å². The van der Waals surface area contributed by atoms with Crippen LogP contribution in [0.3, 0.4) is 0 Å². The summed E-state index contributed by atoms with van der Waals surface area (Å²) in [5, 5.41) is 33.1. The number of hydrogen-bond donors (Lipinski definition) is 10. The van der Waals surface area contributed by atoms with Crippen molar-refractivity contribution in [1.82, 2.24) is 51.9 Å². The third-order valence-corrected chi connectivity index (χ3v) is 27.1. The molecule has 1 aliphatic heterocycles. The molecule has 12 amide bonds. The first-order valence-electron chi connectivity index (χ1n) is 44.4. The SMILES string of the molecule is CC[C@H](C)[C@@H]([C@@H](CC(=O)N1CCC[C@H]1[C@H](OC)[C@@H](C)C(=O)N[C@H](C)[C@@H](O)c1ccccc1)OC)N(C)C(=O)[C@@H](NC(=O)C(C(C)C)N(C)C(=O)OCc1ccc(NC(=O)[C@H](CCCNC(N)=O)NC(=O)C(NC(=O)CC[C@H](NC(=O)c2ccc(C(=O)C(CS(=O)(=O)c3ccc(C)cc3)CS(=O)(=O)c3ccc(C)cc3)cc2)C(=O)NC(C)(C)COC(C)C)C(C)C)cc1)C(C)C. The maximum atomic E-state index is 15.0. The van der Waals surface area contributed by atoms with Crippen molar-refractivity contribution in [2.75, 3.05) is 64.8 Å². The van der Waals surface area contributed by atoms with Crippen LogP contribution in [0.4, 0.5) is 15.3 Å². The van der Waals surface area contributed by atoms with Crippen molar-refractivity contribution in [3.05, 3.63) is 161 Å². The summed E-state index contributed by atoms with van der Waals surface area (Å²) >= 11 is 0. The number of anilines is 1. The average molecular weight is 1850 g/mol. The molecule has 1 saturated heterocycles. The molecule has 35 heteroatoms. The molecule has 6 rings (SSSR count). The van der Waals surface area contributed by atoms with Gasteiger partial charge in [0.25, 0.3) is 5.91 Å². The number of ether oxygens (including phenoxy) is 4. The Bertz CT molecular complexity index is 4790. The fourth-order valence-corrected chi connectivity index (χ4v) is 19.0. The number of carbonyl (C=O) groups excluding carboxylic acids is 12. The lowest BCUT2D eigenvalue weighted by Crippen LogP contribution is -2.60. The van der Waals surface area contributed by atoms with E-state index in [1.54, 1.807) is 156 Å². The van der Waals surface area contributed by atoms with Crippen LogP contribution in [0.1, 0.15) is 197 Å². The molecule has 0 radical (unpaired) electrons. The summed E-state index contributed by atoms with van der Waals surface area (Å²) in [5.74, 6) is -12.1. The predicted molar refractivity (Wildman–Crippen MR) is 494 cm³/mol. The fraction of sp³-hybridized carbons (Fsp3) is 0.558. The van der Waals surface area contributed by atoms with E-state index in [9.17, 15) is 79.5 Å². The van der Waals surface area contributed by atoms with Gasteiger partial charge in [-0.25, -0.2) is 26.4 Å². The first kappa shape index (κ1) is 108. The Morgan fingerprint density at radius 2 is 1.18 bits per heavy atom. The molecule has 0 aromatic heterocycles. The Morgan fingerprint density at radius 1 is 0.615 bits per heavy atom. The van der Waals surface area contributed by atoms with Gasteiger partial charge in [-0.15, -0.1) is 0 Å². The number of urea groups is 1. The summed E-state index contributed by atoms with van der Waals surface area (Å²) < 4.78 is 79.1. The van der Waals surface area contributed by atoms with Gasteiger partial charge in [-0.05, 0) is 164 Å². The minimum absolute atomic E-state index is 0.0155. The number of nitrogens with two attached hydrogens (primary N) is 1. The topological polar surface area (TPSA) is 462 Å². The van der Waals surface area contributed by atoms with Crippen LogP contribution < -0.4 is 48.3 Å². The third kappa shape index (κ3) is 31.8. The number of carbonyl (C=O) groups is 12. The highest BCUT2D eigenvalue weighted by Gasteiger charge is 2.45. The van der Waals surface area contributed by atoms with Crippen molar-refractivity contribution in [3.8, 4) is 0 Å². The molecule has 0 spiro atoms. The quantitative estimate of drug-likeness (QED) is 0.0128. The summed E-state index contributed by atoms with van der Waals surface area (Å²) in [5.41, 5.74) is 7.05. The zero-order chi connectivity index (χ0) is 97.0. The summed E-state index contributed by atoms with van der Waals surface area (Å²) in [6, 6.07) is 23.2. The number of aliphatic hydroxyl groups is 1. The molecule has 13 atom stereocenters. The molecular formula is C95H138N12O21S2. The molecule has 5 aromatic rings. The number of methoxy groups -OCH3 is 2. The Labute approximate surface area is 766 Å². The molecule has 11 N–H and O–H groups in total. The van der Waals surface area contributed by atoms with Crippen LogP contribution in [-0.2, 0) is 83.6 Å². The molecule has 33 nitrogen and oxygen atoms in total. The van der Waals surface area contributed by atoms with E-state index in [1.807, 2.05) is 33.8 Å². The van der Waals surface area contributed by atoms with Crippen LogP contribution in [0.25, 0.3) is 0 Å². The highest BCUT2D eigenvalue weighted by atomic mass is 32.2. The van der Waals surface area contributed by atoms with Crippen molar-refractivity contribution in [2.45, 2.75) is 257 Å². The fourth-order valence-electron chi connectivity index (χ4n) is 15.7. The number of nitrogens with one attached hydrogen (secondary N) is 8. The van der Waals surface area contributed by atoms with E-state index in [0.717, 1.165) is 16.0 Å². The maximum absolute atomic E-state index is 15.0. The lowest BCUT2D eigenvalue weighted by Gasteiger charge is -2.41. The van der Waals surface area contributed by atoms with Gasteiger partial charge in [0.15, 0.2) is 25.5 Å². The summed E-state index contributed by atoms with van der Waals surface area (Å²) in [4.78, 5) is 173. The molecule has 0 aliphatic carbocycles. The number of hydrogen-bond acceptors (Lipinski definition) is 21. The molecular weight excluding hydrogens is 1710 g/mol. The molecule has 716 valence electrons. The van der Waals surface area contributed by atoms with Gasteiger partial charge in [-0.3, -0.25) is 52.8 Å². The Hall–Kier alpha value is -10.7. The third-order valence-electron chi connectivity index (χ3n) is 23.5. The lowest BCUT2D eigenvalue weighted by molar-refractivity contribution is -0.148. The van der Waals surface area contributed by atoms with Gasteiger partial charge in [-0.1, -0.05) is 159 Å². The maximum Gasteiger partial charge on any atom is 0.410 e. The van der Waals surface area contributed by atoms with Crippen molar-refractivity contribution in [1.29, 1.82) is 0 Å². The summed E-state index contributed by atoms with van der Waals surface area (Å²) in [6.07, 6.45) is -2.57. The van der Waals surface area contributed by atoms with Gasteiger partial charge in [-0.2, -0.15) is 0 Å². The van der Waals surface area contributed by atoms with Crippen LogP contribution in [0.5, 0.6) is 0 Å². The van der Waals surface area contributed by atoms with Crippen molar-refractivity contribution in [2.24, 2.45) is 41.2 Å². The van der Waals surface area contributed by atoms with Gasteiger partial charge in [0.2, 0.25) is 47.3 Å². The molecule has 1 aliphatic rings. The monoisotopic (exact) mass is 1850 g/mol. The Balaban J connectivity index is 1.09. The smallest absolute Gasteiger partial charge is 0.410 e. The number of benzene rings is 5. The number of likely N-dealkylation sites (N-methyl/N-ethyl adjacent to an activating group) is 2. The van der Waals surface area contributed by atoms with E-state index >= 15 is 0 Å².